The van der Waals surface area contributed by atoms with Gasteiger partial charge in [-0.15, -0.1) is 0 Å². The van der Waals surface area contributed by atoms with Gasteiger partial charge in [0.1, 0.15) is 11.6 Å². The van der Waals surface area contributed by atoms with E-state index < -0.39 is 0 Å². The number of halogens is 1. The Hall–Kier alpha value is -2.62. The number of nitrogens with one attached hydrogen (secondary N) is 1. The Balaban J connectivity index is 2.16. The summed E-state index contributed by atoms with van der Waals surface area (Å²) >= 11 is 0. The maximum Gasteiger partial charge on any atom is 0.154 e. The minimum absolute atomic E-state index is 0.307. The number of hydrogen-bond acceptors (Lipinski definition) is 2. The molecular weight excluding hydrogens is 255 g/mol. The van der Waals surface area contributed by atoms with Crippen molar-refractivity contribution in [1.29, 1.82) is 0 Å². The van der Waals surface area contributed by atoms with Gasteiger partial charge in [-0.25, -0.2) is 4.39 Å². The van der Waals surface area contributed by atoms with Crippen LogP contribution in [0, 0.1) is 5.82 Å². The summed E-state index contributed by atoms with van der Waals surface area (Å²) in [5, 5.41) is 0.862. The SMILES string of the molecule is CN(c1cccc(F)c1)c1[nH]c2ccccc2c1C=O. The van der Waals surface area contributed by atoms with Crippen LogP contribution in [0.15, 0.2) is 48.5 Å². The first kappa shape index (κ1) is 12.4. The summed E-state index contributed by atoms with van der Waals surface area (Å²) in [4.78, 5) is 16.4. The van der Waals surface area contributed by atoms with E-state index in [9.17, 15) is 9.18 Å². The number of carbonyl (C=O) groups is 1. The lowest BCUT2D eigenvalue weighted by atomic mass is 10.2. The molecule has 0 spiro atoms. The van der Waals surface area contributed by atoms with Crippen LogP contribution in [0.1, 0.15) is 10.4 Å². The summed E-state index contributed by atoms with van der Waals surface area (Å²) in [5.74, 6) is 0.352. The molecule has 20 heavy (non-hydrogen) atoms. The molecule has 0 bridgehead atoms. The lowest BCUT2D eigenvalue weighted by Crippen LogP contribution is -2.11. The maximum atomic E-state index is 13.3. The Morgan fingerprint density at radius 2 is 1.95 bits per heavy atom. The molecule has 0 atom stereocenters. The van der Waals surface area contributed by atoms with Crippen molar-refractivity contribution in [2.45, 2.75) is 0 Å². The van der Waals surface area contributed by atoms with E-state index in [4.69, 9.17) is 0 Å². The van der Waals surface area contributed by atoms with E-state index in [1.807, 2.05) is 24.3 Å². The average molecular weight is 268 g/mol. The van der Waals surface area contributed by atoms with Crippen LogP contribution in [0.5, 0.6) is 0 Å². The molecule has 4 heteroatoms. The summed E-state index contributed by atoms with van der Waals surface area (Å²) in [6.45, 7) is 0. The number of anilines is 2. The first-order valence-corrected chi connectivity index (χ1v) is 6.26. The zero-order valence-corrected chi connectivity index (χ0v) is 10.9. The predicted octanol–water partition coefficient (Wildman–Crippen LogP) is 3.89. The smallest absolute Gasteiger partial charge is 0.154 e. The van der Waals surface area contributed by atoms with Crippen LogP contribution >= 0.6 is 0 Å². The van der Waals surface area contributed by atoms with E-state index in [0.29, 0.717) is 17.1 Å². The third-order valence-electron chi connectivity index (χ3n) is 3.37. The van der Waals surface area contributed by atoms with Crippen molar-refractivity contribution >= 4 is 28.7 Å². The second-order valence-corrected chi connectivity index (χ2v) is 4.59. The second kappa shape index (κ2) is 4.81. The number of aromatic amines is 1. The van der Waals surface area contributed by atoms with Crippen LogP contribution < -0.4 is 4.90 Å². The van der Waals surface area contributed by atoms with Crippen molar-refractivity contribution < 1.29 is 9.18 Å². The number of hydrogen-bond donors (Lipinski definition) is 1. The fourth-order valence-electron chi connectivity index (χ4n) is 2.35. The van der Waals surface area contributed by atoms with Gasteiger partial charge in [0.15, 0.2) is 6.29 Å². The van der Waals surface area contributed by atoms with Crippen LogP contribution in [0.4, 0.5) is 15.9 Å². The minimum atomic E-state index is -0.307. The number of rotatable bonds is 3. The zero-order valence-electron chi connectivity index (χ0n) is 10.9. The Morgan fingerprint density at radius 3 is 2.70 bits per heavy atom. The number of benzene rings is 2. The maximum absolute atomic E-state index is 13.3. The predicted molar refractivity (Wildman–Crippen MR) is 78.1 cm³/mol. The second-order valence-electron chi connectivity index (χ2n) is 4.59. The van der Waals surface area contributed by atoms with Crippen molar-refractivity contribution in [1.82, 2.24) is 4.98 Å². The Morgan fingerprint density at radius 1 is 1.15 bits per heavy atom. The van der Waals surface area contributed by atoms with Crippen molar-refractivity contribution in [3.8, 4) is 0 Å². The third-order valence-corrected chi connectivity index (χ3v) is 3.37. The van der Waals surface area contributed by atoms with Crippen LogP contribution in [0.3, 0.4) is 0 Å². The van der Waals surface area contributed by atoms with Gasteiger partial charge >= 0.3 is 0 Å². The van der Waals surface area contributed by atoms with Gasteiger partial charge in [0.25, 0.3) is 0 Å². The Labute approximate surface area is 115 Å². The van der Waals surface area contributed by atoms with Crippen molar-refractivity contribution in [2.75, 3.05) is 11.9 Å². The van der Waals surface area contributed by atoms with Gasteiger partial charge in [-0.2, -0.15) is 0 Å². The van der Waals surface area contributed by atoms with E-state index in [2.05, 4.69) is 4.98 Å². The van der Waals surface area contributed by atoms with Crippen LogP contribution in [0.25, 0.3) is 10.9 Å². The highest BCUT2D eigenvalue weighted by molar-refractivity contribution is 6.04. The van der Waals surface area contributed by atoms with E-state index in [-0.39, 0.29) is 5.82 Å². The Kier molecular flexibility index (Phi) is 2.99. The standard InChI is InChI=1S/C16H13FN2O/c1-19(12-6-4-5-11(17)9-12)16-14(10-20)13-7-2-3-8-15(13)18-16/h2-10,18H,1H3. The molecule has 0 aliphatic carbocycles. The van der Waals surface area contributed by atoms with Crippen molar-refractivity contribution in [3.63, 3.8) is 0 Å². The van der Waals surface area contributed by atoms with Crippen LogP contribution in [0.2, 0.25) is 0 Å². The van der Waals surface area contributed by atoms with Gasteiger partial charge < -0.3 is 9.88 Å². The van der Waals surface area contributed by atoms with Crippen molar-refractivity contribution in [2.24, 2.45) is 0 Å². The molecule has 0 aliphatic rings. The van der Waals surface area contributed by atoms with Gasteiger partial charge in [-0.3, -0.25) is 4.79 Å². The molecular formula is C16H13FN2O. The van der Waals surface area contributed by atoms with Crippen molar-refractivity contribution in [3.05, 3.63) is 59.9 Å². The topological polar surface area (TPSA) is 36.1 Å². The average Bonchev–Trinajstić information content (AvgIpc) is 2.85. The molecule has 1 heterocycles. The lowest BCUT2D eigenvalue weighted by molar-refractivity contribution is 0.112. The molecule has 0 unspecified atom stereocenters. The first-order valence-electron chi connectivity index (χ1n) is 6.26. The molecule has 0 radical (unpaired) electrons. The monoisotopic (exact) mass is 268 g/mol. The molecule has 0 saturated carbocycles. The number of aromatic nitrogens is 1. The van der Waals surface area contributed by atoms with Gasteiger partial charge in [0.2, 0.25) is 0 Å². The number of aldehydes is 1. The number of fused-ring (bicyclic) bond motifs is 1. The quantitative estimate of drug-likeness (QED) is 0.731. The van der Waals surface area contributed by atoms with E-state index in [1.165, 1.54) is 12.1 Å². The van der Waals surface area contributed by atoms with Crippen LogP contribution in [-0.4, -0.2) is 18.3 Å². The zero-order chi connectivity index (χ0) is 14.1. The van der Waals surface area contributed by atoms with Gasteiger partial charge in [-0.05, 0) is 24.3 Å². The molecule has 1 N–H and O–H groups in total. The van der Waals surface area contributed by atoms with Crippen LogP contribution in [-0.2, 0) is 0 Å². The fraction of sp³-hybridized carbons (Fsp3) is 0.0625. The molecule has 0 amide bonds. The van der Waals surface area contributed by atoms with Gasteiger partial charge in [-0.1, -0.05) is 24.3 Å². The molecule has 2 aromatic carbocycles. The molecule has 1 aromatic heterocycles. The highest BCUT2D eigenvalue weighted by atomic mass is 19.1. The van der Waals surface area contributed by atoms with E-state index in [0.717, 1.165) is 17.2 Å². The third kappa shape index (κ3) is 1.95. The normalized spacial score (nSPS) is 10.7. The highest BCUT2D eigenvalue weighted by Gasteiger charge is 2.15. The summed E-state index contributed by atoms with van der Waals surface area (Å²) in [6.07, 6.45) is 0.823. The molecule has 0 saturated heterocycles. The molecule has 100 valence electrons. The largest absolute Gasteiger partial charge is 0.341 e. The fourth-order valence-corrected chi connectivity index (χ4v) is 2.35. The molecule has 3 aromatic rings. The van der Waals surface area contributed by atoms with E-state index >= 15 is 0 Å². The van der Waals surface area contributed by atoms with Gasteiger partial charge in [0.05, 0.1) is 5.56 Å². The van der Waals surface area contributed by atoms with E-state index in [1.54, 1.807) is 24.1 Å². The first-order chi connectivity index (χ1) is 9.70. The summed E-state index contributed by atoms with van der Waals surface area (Å²) in [6, 6.07) is 13.8. The summed E-state index contributed by atoms with van der Waals surface area (Å²) < 4.78 is 13.3. The van der Waals surface area contributed by atoms with Gasteiger partial charge in [0, 0.05) is 23.6 Å². The number of nitrogens with zero attached hydrogens (tertiary/aromatic N) is 1. The lowest BCUT2D eigenvalue weighted by Gasteiger charge is -2.18. The summed E-state index contributed by atoms with van der Waals surface area (Å²) in [5.41, 5.74) is 2.14. The number of para-hydroxylation sites is 1. The number of carbonyl (C=O) groups excluding carboxylic acids is 1. The highest BCUT2D eigenvalue weighted by Crippen LogP contribution is 2.31. The molecule has 3 rings (SSSR count). The molecule has 0 fully saturated rings. The summed E-state index contributed by atoms with van der Waals surface area (Å²) in [7, 11) is 1.80. The number of H-pyrrole nitrogens is 1. The molecule has 0 aliphatic heterocycles. The molecule has 3 nitrogen and oxygen atoms in total. The Bertz CT molecular complexity index is 779. The minimum Gasteiger partial charge on any atom is -0.341 e.